The van der Waals surface area contributed by atoms with Crippen LogP contribution in [0.3, 0.4) is 0 Å². The lowest BCUT2D eigenvalue weighted by Crippen LogP contribution is -2.32. The Morgan fingerprint density at radius 3 is 2.62 bits per heavy atom. The van der Waals surface area contributed by atoms with Gasteiger partial charge in [0.2, 0.25) is 0 Å². The first-order chi connectivity index (χ1) is 10.0. The number of benzene rings is 1. The zero-order chi connectivity index (χ0) is 15.7. The highest BCUT2D eigenvalue weighted by molar-refractivity contribution is 7.99. The van der Waals surface area contributed by atoms with Crippen molar-refractivity contribution in [3.05, 3.63) is 29.8 Å². The Morgan fingerprint density at radius 2 is 2.05 bits per heavy atom. The third-order valence-electron chi connectivity index (χ3n) is 3.08. The van der Waals surface area contributed by atoms with Crippen LogP contribution in [0.5, 0.6) is 0 Å². The van der Waals surface area contributed by atoms with Gasteiger partial charge in [-0.15, -0.1) is 11.8 Å². The number of carboxylic acid groups (broad SMARTS) is 1. The van der Waals surface area contributed by atoms with Crippen LogP contribution in [0, 0.1) is 0 Å². The van der Waals surface area contributed by atoms with E-state index in [9.17, 15) is 4.79 Å². The van der Waals surface area contributed by atoms with Gasteiger partial charge in [0.1, 0.15) is 6.04 Å². The van der Waals surface area contributed by atoms with E-state index >= 15 is 0 Å². The standard InChI is InChI=1S/C16H25NO3S/c1-3-4-9-20-12(2)11-21-14-7-5-13(6-8-14)10-15(17)16(18)19/h5-8,12,15H,3-4,9-11,17H2,1-2H3,(H,18,19). The summed E-state index contributed by atoms with van der Waals surface area (Å²) in [5.41, 5.74) is 6.47. The number of rotatable bonds is 10. The van der Waals surface area contributed by atoms with Crippen LogP contribution in [0.25, 0.3) is 0 Å². The van der Waals surface area contributed by atoms with E-state index < -0.39 is 12.0 Å². The fraction of sp³-hybridized carbons (Fsp3) is 0.562. The normalized spacial score (nSPS) is 13.9. The van der Waals surface area contributed by atoms with Crippen molar-refractivity contribution in [2.45, 2.75) is 50.2 Å². The van der Waals surface area contributed by atoms with E-state index in [1.54, 1.807) is 11.8 Å². The Balaban J connectivity index is 2.35. The molecule has 5 heteroatoms. The number of nitrogens with two attached hydrogens (primary N) is 1. The van der Waals surface area contributed by atoms with Crippen LogP contribution in [0.2, 0.25) is 0 Å². The Labute approximate surface area is 131 Å². The average Bonchev–Trinajstić information content (AvgIpc) is 2.46. The van der Waals surface area contributed by atoms with Crippen molar-refractivity contribution >= 4 is 17.7 Å². The monoisotopic (exact) mass is 311 g/mol. The first-order valence-corrected chi connectivity index (χ1v) is 8.33. The maximum atomic E-state index is 10.7. The molecule has 0 aliphatic carbocycles. The summed E-state index contributed by atoms with van der Waals surface area (Å²) in [5, 5.41) is 8.79. The summed E-state index contributed by atoms with van der Waals surface area (Å²) < 4.78 is 5.70. The van der Waals surface area contributed by atoms with Crippen molar-refractivity contribution in [1.82, 2.24) is 0 Å². The maximum absolute atomic E-state index is 10.7. The Hall–Kier alpha value is -1.04. The third kappa shape index (κ3) is 7.50. The third-order valence-corrected chi connectivity index (χ3v) is 4.32. The van der Waals surface area contributed by atoms with Gasteiger partial charge in [-0.05, 0) is 37.5 Å². The second kappa shape index (κ2) is 9.82. The zero-order valence-corrected chi connectivity index (χ0v) is 13.6. The summed E-state index contributed by atoms with van der Waals surface area (Å²) in [5.74, 6) is -0.0518. The van der Waals surface area contributed by atoms with E-state index in [0.29, 0.717) is 6.42 Å². The highest BCUT2D eigenvalue weighted by Crippen LogP contribution is 2.20. The van der Waals surface area contributed by atoms with Crippen molar-refractivity contribution in [3.8, 4) is 0 Å². The van der Waals surface area contributed by atoms with Crippen LogP contribution in [-0.4, -0.2) is 35.6 Å². The van der Waals surface area contributed by atoms with Gasteiger partial charge in [0, 0.05) is 17.3 Å². The van der Waals surface area contributed by atoms with Crippen molar-refractivity contribution < 1.29 is 14.6 Å². The average molecular weight is 311 g/mol. The minimum absolute atomic E-state index is 0.238. The molecule has 0 aliphatic heterocycles. The van der Waals surface area contributed by atoms with Crippen molar-refractivity contribution in [1.29, 1.82) is 0 Å². The zero-order valence-electron chi connectivity index (χ0n) is 12.7. The lowest BCUT2D eigenvalue weighted by molar-refractivity contribution is -0.138. The van der Waals surface area contributed by atoms with Gasteiger partial charge in [-0.25, -0.2) is 0 Å². The van der Waals surface area contributed by atoms with Gasteiger partial charge in [0.25, 0.3) is 0 Å². The molecule has 0 saturated heterocycles. The molecule has 1 aromatic rings. The SMILES string of the molecule is CCCCOC(C)CSc1ccc(CC(N)C(=O)O)cc1. The lowest BCUT2D eigenvalue weighted by Gasteiger charge is -2.12. The number of aliphatic carboxylic acids is 1. The van der Waals surface area contributed by atoms with Crippen LogP contribution in [-0.2, 0) is 16.0 Å². The molecule has 1 rings (SSSR count). The smallest absolute Gasteiger partial charge is 0.320 e. The number of hydrogen-bond acceptors (Lipinski definition) is 4. The predicted molar refractivity (Wildman–Crippen MR) is 86.8 cm³/mol. The molecule has 118 valence electrons. The molecule has 0 radical (unpaired) electrons. The highest BCUT2D eigenvalue weighted by atomic mass is 32.2. The molecule has 0 aliphatic rings. The summed E-state index contributed by atoms with van der Waals surface area (Å²) in [7, 11) is 0. The molecular weight excluding hydrogens is 286 g/mol. The molecule has 1 aromatic carbocycles. The first-order valence-electron chi connectivity index (χ1n) is 7.34. The van der Waals surface area contributed by atoms with E-state index in [-0.39, 0.29) is 6.10 Å². The molecule has 0 heterocycles. The molecule has 4 nitrogen and oxygen atoms in total. The molecule has 0 fully saturated rings. The fourth-order valence-electron chi connectivity index (χ4n) is 1.75. The summed E-state index contributed by atoms with van der Waals surface area (Å²) in [6.07, 6.45) is 2.85. The summed E-state index contributed by atoms with van der Waals surface area (Å²) in [6, 6.07) is 7.05. The van der Waals surface area contributed by atoms with Gasteiger partial charge in [0.15, 0.2) is 0 Å². The summed E-state index contributed by atoms with van der Waals surface area (Å²) >= 11 is 1.75. The largest absolute Gasteiger partial charge is 0.480 e. The Bertz CT molecular complexity index is 422. The van der Waals surface area contributed by atoms with E-state index in [1.165, 1.54) is 0 Å². The van der Waals surface area contributed by atoms with Crippen LogP contribution in [0.4, 0.5) is 0 Å². The van der Waals surface area contributed by atoms with Gasteiger partial charge in [-0.2, -0.15) is 0 Å². The molecule has 2 unspecified atom stereocenters. The Morgan fingerprint density at radius 1 is 1.38 bits per heavy atom. The quantitative estimate of drug-likeness (QED) is 0.513. The van der Waals surface area contributed by atoms with Crippen LogP contribution in [0.1, 0.15) is 32.3 Å². The fourth-order valence-corrected chi connectivity index (χ4v) is 2.61. The number of unbranched alkanes of at least 4 members (excludes halogenated alkanes) is 1. The van der Waals surface area contributed by atoms with Gasteiger partial charge in [-0.1, -0.05) is 25.5 Å². The molecule has 3 N–H and O–H groups in total. The second-order valence-corrected chi connectivity index (χ2v) is 6.23. The maximum Gasteiger partial charge on any atom is 0.320 e. The first kappa shape index (κ1) is 18.0. The number of carbonyl (C=O) groups is 1. The van der Waals surface area contributed by atoms with Crippen LogP contribution >= 0.6 is 11.8 Å². The molecule has 0 amide bonds. The predicted octanol–water partition coefficient (Wildman–Crippen LogP) is 2.94. The lowest BCUT2D eigenvalue weighted by atomic mass is 10.1. The van der Waals surface area contributed by atoms with Gasteiger partial charge in [-0.3, -0.25) is 4.79 Å². The van der Waals surface area contributed by atoms with Gasteiger partial charge in [0.05, 0.1) is 6.10 Å². The second-order valence-electron chi connectivity index (χ2n) is 5.14. The molecular formula is C16H25NO3S. The van der Waals surface area contributed by atoms with Crippen molar-refractivity contribution in [3.63, 3.8) is 0 Å². The Kier molecular flexibility index (Phi) is 8.42. The molecule has 21 heavy (non-hydrogen) atoms. The summed E-state index contributed by atoms with van der Waals surface area (Å²) in [6.45, 7) is 5.06. The molecule has 0 spiro atoms. The van der Waals surface area contributed by atoms with Gasteiger partial charge >= 0.3 is 5.97 Å². The number of ether oxygens (including phenoxy) is 1. The van der Waals surface area contributed by atoms with Crippen molar-refractivity contribution in [2.24, 2.45) is 5.73 Å². The minimum atomic E-state index is -0.966. The molecule has 0 saturated carbocycles. The summed E-state index contributed by atoms with van der Waals surface area (Å²) in [4.78, 5) is 11.9. The number of carboxylic acids is 1. The van der Waals surface area contributed by atoms with Crippen molar-refractivity contribution in [2.75, 3.05) is 12.4 Å². The van der Waals surface area contributed by atoms with E-state index in [1.807, 2.05) is 24.3 Å². The topological polar surface area (TPSA) is 72.5 Å². The number of thioether (sulfide) groups is 1. The molecule has 0 bridgehead atoms. The minimum Gasteiger partial charge on any atom is -0.480 e. The highest BCUT2D eigenvalue weighted by Gasteiger charge is 2.11. The number of hydrogen-bond donors (Lipinski definition) is 2. The van der Waals surface area contributed by atoms with E-state index in [0.717, 1.165) is 35.7 Å². The molecule has 2 atom stereocenters. The van der Waals surface area contributed by atoms with Crippen LogP contribution in [0.15, 0.2) is 29.2 Å². The molecule has 0 aromatic heterocycles. The van der Waals surface area contributed by atoms with Gasteiger partial charge < -0.3 is 15.6 Å². The van der Waals surface area contributed by atoms with E-state index in [2.05, 4.69) is 13.8 Å². The van der Waals surface area contributed by atoms with Crippen LogP contribution < -0.4 is 5.73 Å². The van der Waals surface area contributed by atoms with E-state index in [4.69, 9.17) is 15.6 Å².